The Labute approximate surface area is 215 Å². The number of cyclic esters (lactones) is 1. The molecule has 33 heavy (non-hydrogen) atoms. The average Bonchev–Trinajstić information content (AvgIpc) is 3.16. The zero-order chi connectivity index (χ0) is 24.9. The first kappa shape index (κ1) is 33.8. The van der Waals surface area contributed by atoms with Crippen LogP contribution in [0.4, 0.5) is 0 Å². The van der Waals surface area contributed by atoms with Crippen LogP contribution in [-0.4, -0.2) is 62.8 Å². The maximum absolute atomic E-state index is 11.0. The molecule has 3 heterocycles. The van der Waals surface area contributed by atoms with E-state index in [9.17, 15) is 14.4 Å². The predicted molar refractivity (Wildman–Crippen MR) is 124 cm³/mol. The van der Waals surface area contributed by atoms with Crippen molar-refractivity contribution in [2.45, 2.75) is 61.0 Å². The van der Waals surface area contributed by atoms with Crippen LogP contribution in [0.15, 0.2) is 23.3 Å². The number of imide groups is 1. The smallest absolute Gasteiger partial charge is 0.717 e. The van der Waals surface area contributed by atoms with Gasteiger partial charge in [0.2, 0.25) is 0 Å². The molecule has 0 radical (unpaired) electrons. The average molecular weight is 640 g/mol. The molecule has 0 bridgehead atoms. The maximum atomic E-state index is 11.0. The quantitative estimate of drug-likeness (QED) is 0.195. The third kappa shape index (κ3) is 12.1. The zero-order valence-electron chi connectivity index (χ0n) is 21.2. The summed E-state index contributed by atoms with van der Waals surface area (Å²) in [5, 5.41) is 0. The van der Waals surface area contributed by atoms with E-state index >= 15 is 0 Å². The van der Waals surface area contributed by atoms with Crippen molar-refractivity contribution in [2.75, 3.05) is 34.0 Å². The first-order valence-electron chi connectivity index (χ1n) is 10.6. The molecule has 190 valence electrons. The standard InChI is InChI=1S/C7H9NO2.C7H10O2.C6H12O2.C3H6O.CH4.W/c1-4-5(2)7(10)8(3)6(4)9;1-3-6-4-5(2)7(8)9-6;1-6(3-7-2)4-8-5-6;1-3-4-2;;/h1-3H3;6H,2-4H2,1H3;3-5H2,1-2H3;3H,2H2,1H3;1H4;/q;;;-2;;+2/i;;;2D;;. The molecule has 2 fully saturated rings. The Morgan fingerprint density at radius 3 is 1.91 bits per heavy atom. The Bertz CT molecular complexity index is 651. The largest absolute Gasteiger partial charge is 2.00 e. The van der Waals surface area contributed by atoms with Gasteiger partial charge in [0.05, 0.1) is 19.8 Å². The van der Waals surface area contributed by atoms with Gasteiger partial charge in [-0.05, 0) is 20.3 Å². The van der Waals surface area contributed by atoms with Gasteiger partial charge in [-0.1, -0.05) is 27.9 Å². The van der Waals surface area contributed by atoms with Crippen LogP contribution >= 0.6 is 0 Å². The second kappa shape index (κ2) is 18.0. The number of likely N-dealkylation sites (N-methyl/N-ethyl adjacent to an activating group) is 1. The van der Waals surface area contributed by atoms with Gasteiger partial charge >= 0.3 is 27.0 Å². The fourth-order valence-corrected chi connectivity index (χ4v) is 2.66. The van der Waals surface area contributed by atoms with Gasteiger partial charge in [-0.25, -0.2) is 4.79 Å². The monoisotopic (exact) mass is 640 g/mol. The topological polar surface area (TPSA) is 91.4 Å². The van der Waals surface area contributed by atoms with E-state index in [-0.39, 0.29) is 52.4 Å². The summed E-state index contributed by atoms with van der Waals surface area (Å²) in [6, 6.07) is 0. The molecule has 0 aromatic carbocycles. The molecule has 0 aromatic rings. The predicted octanol–water partition coefficient (Wildman–Crippen LogP) is 3.87. The first-order valence-corrected chi connectivity index (χ1v) is 10.1. The van der Waals surface area contributed by atoms with Crippen LogP contribution in [0.25, 0.3) is 0 Å². The Morgan fingerprint density at radius 1 is 1.27 bits per heavy atom. The zero-order valence-corrected chi connectivity index (χ0v) is 23.1. The van der Waals surface area contributed by atoms with E-state index in [2.05, 4.69) is 18.2 Å². The van der Waals surface area contributed by atoms with Crippen LogP contribution in [0.3, 0.4) is 0 Å². The minimum absolute atomic E-state index is 0. The van der Waals surface area contributed by atoms with Gasteiger partial charge in [-0.3, -0.25) is 28.2 Å². The van der Waals surface area contributed by atoms with Crippen LogP contribution < -0.4 is 0 Å². The van der Waals surface area contributed by atoms with Crippen molar-refractivity contribution in [1.82, 2.24) is 4.90 Å². The molecule has 3 rings (SSSR count). The summed E-state index contributed by atoms with van der Waals surface area (Å²) in [5.41, 5.74) is 2.07. The number of methoxy groups -OCH3 is 1. The van der Waals surface area contributed by atoms with Gasteiger partial charge in [0.15, 0.2) is 0 Å². The van der Waals surface area contributed by atoms with Crippen molar-refractivity contribution in [3.8, 4) is 0 Å². The number of hydrogen-bond donors (Lipinski definition) is 0. The number of hydrogen-bond acceptors (Lipinski definition) is 7. The molecule has 9 heteroatoms. The van der Waals surface area contributed by atoms with Gasteiger partial charge < -0.3 is 18.9 Å². The normalized spacial score (nSPS) is 20.4. The Kier molecular flexibility index (Phi) is 18.5. The number of carbonyl (C=O) groups excluding carboxylic acids is 3. The van der Waals surface area contributed by atoms with E-state index < -0.39 is 0 Å². The molecular weight excluding hydrogens is 598 g/mol. The Hall–Kier alpha value is -1.34. The van der Waals surface area contributed by atoms with Gasteiger partial charge in [0.25, 0.3) is 11.8 Å². The van der Waals surface area contributed by atoms with Crippen molar-refractivity contribution in [2.24, 2.45) is 5.41 Å². The minimum Gasteiger partial charge on any atom is -0.717 e. The van der Waals surface area contributed by atoms with Crippen LogP contribution in [0.1, 0.15) is 56.3 Å². The molecule has 2 amide bonds. The molecular formula is C24H41NO7W. The number of amides is 2. The van der Waals surface area contributed by atoms with E-state index in [1.807, 2.05) is 6.92 Å². The summed E-state index contributed by atoms with van der Waals surface area (Å²) in [6.07, 6.45) is 1.71. The van der Waals surface area contributed by atoms with Crippen LogP contribution in [0.2, 0.25) is 0 Å². The van der Waals surface area contributed by atoms with E-state index in [1.165, 1.54) is 13.7 Å². The maximum Gasteiger partial charge on any atom is 2.00 e. The summed E-state index contributed by atoms with van der Waals surface area (Å²) in [4.78, 5) is 33.7. The van der Waals surface area contributed by atoms with Crippen molar-refractivity contribution in [3.05, 3.63) is 37.0 Å². The molecule has 0 aliphatic carbocycles. The number of nitrogens with zero attached hydrogens (tertiary/aromatic N) is 1. The van der Waals surface area contributed by atoms with E-state index in [0.717, 1.165) is 44.6 Å². The first-order chi connectivity index (χ1) is 15.0. The molecule has 0 aromatic heterocycles. The van der Waals surface area contributed by atoms with Gasteiger partial charge in [-0.2, -0.15) is 8.29 Å². The van der Waals surface area contributed by atoms with Crippen molar-refractivity contribution in [3.63, 3.8) is 0 Å². The number of esters is 1. The second-order valence-electron chi connectivity index (χ2n) is 7.77. The molecule has 0 saturated carbocycles. The van der Waals surface area contributed by atoms with E-state index in [0.29, 0.717) is 22.1 Å². The van der Waals surface area contributed by atoms with E-state index in [4.69, 9.17) is 15.6 Å². The number of rotatable bonds is 5. The summed E-state index contributed by atoms with van der Waals surface area (Å²) in [7, 11) is 4.09. The van der Waals surface area contributed by atoms with Crippen LogP contribution in [0, 0.1) is 19.1 Å². The van der Waals surface area contributed by atoms with Gasteiger partial charge in [0.1, 0.15) is 6.10 Å². The Morgan fingerprint density at radius 2 is 1.79 bits per heavy atom. The molecule has 3 aliphatic heterocycles. The summed E-state index contributed by atoms with van der Waals surface area (Å²) in [6.45, 7) is 16.8. The summed E-state index contributed by atoms with van der Waals surface area (Å²) < 4.78 is 25.3. The number of carbonyl (C=O) groups is 3. The van der Waals surface area contributed by atoms with Gasteiger partial charge in [0, 0.05) is 42.7 Å². The molecule has 1 atom stereocenters. The molecule has 0 spiro atoms. The second-order valence-corrected chi connectivity index (χ2v) is 7.77. The van der Waals surface area contributed by atoms with Crippen LogP contribution in [0.5, 0.6) is 0 Å². The fourth-order valence-electron chi connectivity index (χ4n) is 2.66. The minimum atomic E-state index is -0.221. The number of ether oxygens (including phenoxy) is 4. The molecule has 3 aliphatic rings. The Balaban J connectivity index is -0.000000379. The summed E-state index contributed by atoms with van der Waals surface area (Å²) >= 11 is 0. The fraction of sp³-hybridized carbons (Fsp3) is 0.625. The third-order valence-electron chi connectivity index (χ3n) is 4.84. The summed E-state index contributed by atoms with van der Waals surface area (Å²) in [5.74, 6) is -0.577. The van der Waals surface area contributed by atoms with E-state index in [1.54, 1.807) is 27.9 Å². The van der Waals surface area contributed by atoms with Crippen molar-refractivity contribution in [1.29, 1.82) is 0 Å². The van der Waals surface area contributed by atoms with Crippen molar-refractivity contribution < 1.29 is 55.8 Å². The van der Waals surface area contributed by atoms with Gasteiger partial charge in [-0.15, -0.1) is 0 Å². The van der Waals surface area contributed by atoms with Crippen molar-refractivity contribution >= 4 is 17.8 Å². The molecule has 0 N–H and O–H groups in total. The molecule has 1 unspecified atom stereocenters. The molecule has 8 nitrogen and oxygen atoms in total. The van der Waals surface area contributed by atoms with Crippen LogP contribution in [-0.2, 0) is 54.4 Å². The SMILES string of the molecule is C.C=C1CC(CC)OC1=O.CC1=C(C)C(=O)N(C)C1=O.COCC1(C)COC1.[2H][CH-]O[CH-]C.[W+2]. The molecule has 2 saturated heterocycles. The third-order valence-corrected chi connectivity index (χ3v) is 4.84.